The molecule has 0 radical (unpaired) electrons. The van der Waals surface area contributed by atoms with Crippen LogP contribution in [0.1, 0.15) is 23.9 Å². The lowest BCUT2D eigenvalue weighted by molar-refractivity contribution is -0.137. The molecule has 8 nitrogen and oxygen atoms in total. The van der Waals surface area contributed by atoms with Crippen molar-refractivity contribution in [3.8, 4) is 5.69 Å². The molecule has 5 aromatic rings. The summed E-state index contributed by atoms with van der Waals surface area (Å²) in [5.41, 5.74) is 2.18. The number of carbonyl (C=O) groups is 1. The van der Waals surface area contributed by atoms with Gasteiger partial charge in [-0.2, -0.15) is 13.2 Å². The molecule has 230 valence electrons. The lowest BCUT2D eigenvalue weighted by Gasteiger charge is -2.26. The molecule has 0 fully saturated rings. The standard InChI is InChI=1S/C31H28ClF3N4O4S/c1-4-29-36-25-17-23(31(33,34)35)24(32)18-28(25)38(29)20-13-11-19(12-14-20)15-16-43-30(40)39(44(41)42)27-10-6-7-21-22(27)8-5-9-26(21)37(2)3/h5-14,17-18H,4,15-16H2,1-3H3,(H,41,42)/p-1. The predicted octanol–water partition coefficient (Wildman–Crippen LogP) is 7.46. The minimum absolute atomic E-state index is 0.0936. The largest absolute Gasteiger partial charge is 0.755 e. The predicted molar refractivity (Wildman–Crippen MR) is 165 cm³/mol. The Morgan fingerprint density at radius 3 is 2.25 bits per heavy atom. The number of imidazole rings is 1. The molecule has 1 atom stereocenters. The zero-order valence-electron chi connectivity index (χ0n) is 23.9. The fourth-order valence-corrected chi connectivity index (χ4v) is 5.86. The Kier molecular flexibility index (Phi) is 8.87. The van der Waals surface area contributed by atoms with E-state index >= 15 is 0 Å². The number of aryl methyl sites for hydroxylation is 1. The fourth-order valence-electron chi connectivity index (χ4n) is 5.10. The number of fused-ring (bicyclic) bond motifs is 2. The van der Waals surface area contributed by atoms with Gasteiger partial charge >= 0.3 is 12.3 Å². The first kappa shape index (κ1) is 31.3. The van der Waals surface area contributed by atoms with Gasteiger partial charge in [0.25, 0.3) is 0 Å². The van der Waals surface area contributed by atoms with Crippen LogP contribution in [0.25, 0.3) is 27.5 Å². The number of anilines is 2. The van der Waals surface area contributed by atoms with E-state index in [0.29, 0.717) is 33.1 Å². The summed E-state index contributed by atoms with van der Waals surface area (Å²) in [5, 5.41) is 0.935. The summed E-state index contributed by atoms with van der Waals surface area (Å²) in [6, 6.07) is 19.8. The van der Waals surface area contributed by atoms with Crippen LogP contribution in [0.4, 0.5) is 29.3 Å². The van der Waals surface area contributed by atoms with Crippen LogP contribution in [0.2, 0.25) is 5.02 Å². The number of amides is 1. The van der Waals surface area contributed by atoms with Gasteiger partial charge in [-0.25, -0.2) is 14.1 Å². The highest BCUT2D eigenvalue weighted by atomic mass is 35.5. The molecule has 0 N–H and O–H groups in total. The minimum Gasteiger partial charge on any atom is -0.755 e. The van der Waals surface area contributed by atoms with Crippen LogP contribution >= 0.6 is 11.6 Å². The number of carbonyl (C=O) groups excluding carboxylic acids is 1. The van der Waals surface area contributed by atoms with Crippen molar-refractivity contribution in [3.05, 3.63) is 94.8 Å². The second kappa shape index (κ2) is 12.5. The molecule has 0 bridgehead atoms. The maximum atomic E-state index is 13.4. The normalized spacial score (nSPS) is 12.5. The van der Waals surface area contributed by atoms with Crippen LogP contribution in [0.15, 0.2) is 72.8 Å². The van der Waals surface area contributed by atoms with Crippen LogP contribution in [-0.2, 0) is 35.0 Å². The van der Waals surface area contributed by atoms with Crippen LogP contribution in [0.3, 0.4) is 0 Å². The Hall–Kier alpha value is -4.13. The second-order valence-corrected chi connectivity index (χ2v) is 11.3. The van der Waals surface area contributed by atoms with Gasteiger partial charge in [0.1, 0.15) is 5.82 Å². The highest BCUT2D eigenvalue weighted by Gasteiger charge is 2.34. The topological polar surface area (TPSA) is 90.7 Å². The zero-order chi connectivity index (χ0) is 31.8. The molecule has 1 amide bonds. The number of hydrogen-bond donors (Lipinski definition) is 0. The Morgan fingerprint density at radius 1 is 1.02 bits per heavy atom. The summed E-state index contributed by atoms with van der Waals surface area (Å²) in [7, 11) is 3.74. The summed E-state index contributed by atoms with van der Waals surface area (Å²) in [4.78, 5) is 19.3. The summed E-state index contributed by atoms with van der Waals surface area (Å²) in [6.45, 7) is 1.76. The molecule has 0 aliphatic rings. The summed E-state index contributed by atoms with van der Waals surface area (Å²) < 4.78 is 72.2. The molecule has 1 unspecified atom stereocenters. The Bertz CT molecular complexity index is 1880. The van der Waals surface area contributed by atoms with Crippen molar-refractivity contribution in [3.63, 3.8) is 0 Å². The Balaban J connectivity index is 1.33. The van der Waals surface area contributed by atoms with Gasteiger partial charge in [0.2, 0.25) is 0 Å². The van der Waals surface area contributed by atoms with Gasteiger partial charge in [-0.05, 0) is 42.0 Å². The second-order valence-electron chi connectivity index (χ2n) is 10.1. The van der Waals surface area contributed by atoms with E-state index in [1.807, 2.05) is 38.1 Å². The summed E-state index contributed by atoms with van der Waals surface area (Å²) in [6.07, 6.45) is -4.88. The molecule has 0 saturated heterocycles. The van der Waals surface area contributed by atoms with Crippen LogP contribution in [0, 0.1) is 0 Å². The minimum atomic E-state index is -4.60. The third kappa shape index (κ3) is 6.10. The van der Waals surface area contributed by atoms with Gasteiger partial charge in [0.15, 0.2) is 0 Å². The van der Waals surface area contributed by atoms with Crippen LogP contribution < -0.4 is 9.21 Å². The maximum absolute atomic E-state index is 13.4. The van der Waals surface area contributed by atoms with Gasteiger partial charge < -0.3 is 14.2 Å². The van der Waals surface area contributed by atoms with Crippen molar-refractivity contribution in [2.45, 2.75) is 25.9 Å². The first-order valence-corrected chi connectivity index (χ1v) is 14.9. The maximum Gasteiger partial charge on any atom is 0.425 e. The van der Waals surface area contributed by atoms with Gasteiger partial charge in [0.05, 0.1) is 45.2 Å². The van der Waals surface area contributed by atoms with Crippen molar-refractivity contribution in [2.24, 2.45) is 0 Å². The van der Waals surface area contributed by atoms with E-state index in [1.165, 1.54) is 6.07 Å². The first-order valence-electron chi connectivity index (χ1n) is 13.5. The van der Waals surface area contributed by atoms with Crippen molar-refractivity contribution < 1.29 is 31.5 Å². The highest BCUT2D eigenvalue weighted by Crippen LogP contribution is 2.38. The third-order valence-corrected chi connectivity index (χ3v) is 8.09. The van der Waals surface area contributed by atoms with E-state index in [2.05, 4.69) is 4.98 Å². The van der Waals surface area contributed by atoms with E-state index in [0.717, 1.165) is 22.7 Å². The molecular weight excluding hydrogens is 617 g/mol. The monoisotopic (exact) mass is 643 g/mol. The Morgan fingerprint density at radius 2 is 1.66 bits per heavy atom. The van der Waals surface area contributed by atoms with E-state index in [4.69, 9.17) is 16.3 Å². The van der Waals surface area contributed by atoms with Crippen LogP contribution in [-0.4, -0.2) is 45.1 Å². The fraction of sp³-hybridized carbons (Fsp3) is 0.226. The molecule has 0 aliphatic carbocycles. The van der Waals surface area contributed by atoms with Gasteiger partial charge in [-0.1, -0.05) is 54.9 Å². The number of hydrogen-bond acceptors (Lipinski definition) is 6. The molecular formula is C31H27ClF3N4O4S-. The molecule has 0 saturated carbocycles. The van der Waals surface area contributed by atoms with E-state index < -0.39 is 34.1 Å². The molecule has 1 aromatic heterocycles. The van der Waals surface area contributed by atoms with E-state index in [9.17, 15) is 26.7 Å². The molecule has 13 heteroatoms. The van der Waals surface area contributed by atoms with Gasteiger partial charge in [0, 0.05) is 49.1 Å². The highest BCUT2D eigenvalue weighted by molar-refractivity contribution is 7.81. The lowest BCUT2D eigenvalue weighted by Crippen LogP contribution is -2.33. The third-order valence-electron chi connectivity index (χ3n) is 7.14. The molecule has 5 rings (SSSR count). The summed E-state index contributed by atoms with van der Waals surface area (Å²) >= 11 is 3.06. The number of aromatic nitrogens is 2. The number of nitrogens with zero attached hydrogens (tertiary/aromatic N) is 4. The molecule has 0 aliphatic heterocycles. The van der Waals surface area contributed by atoms with E-state index in [-0.39, 0.29) is 24.2 Å². The number of benzene rings is 4. The number of ether oxygens (including phenoxy) is 1. The molecule has 0 spiro atoms. The molecule has 44 heavy (non-hydrogen) atoms. The SMILES string of the molecule is CCc1nc2cc(C(F)(F)F)c(Cl)cc2n1-c1ccc(CCOC(=O)N(c2cccc3c(N(C)C)cccc23)S(=O)[O-])cc1. The van der Waals surface area contributed by atoms with Crippen molar-refractivity contribution >= 4 is 62.1 Å². The first-order chi connectivity index (χ1) is 20.9. The Labute approximate surface area is 259 Å². The number of halogens is 4. The molecule has 1 heterocycles. The average molecular weight is 644 g/mol. The quantitative estimate of drug-likeness (QED) is 0.163. The van der Waals surface area contributed by atoms with Crippen molar-refractivity contribution in [2.75, 3.05) is 29.9 Å². The lowest BCUT2D eigenvalue weighted by atomic mass is 10.1. The average Bonchev–Trinajstić information content (AvgIpc) is 3.33. The molecule has 4 aromatic carbocycles. The van der Waals surface area contributed by atoms with Gasteiger partial charge in [-0.3, -0.25) is 8.78 Å². The summed E-state index contributed by atoms with van der Waals surface area (Å²) in [5.74, 6) is 0.564. The van der Waals surface area contributed by atoms with Crippen LogP contribution in [0.5, 0.6) is 0 Å². The van der Waals surface area contributed by atoms with E-state index in [1.54, 1.807) is 53.1 Å². The van der Waals surface area contributed by atoms with Crippen molar-refractivity contribution in [1.82, 2.24) is 9.55 Å². The number of alkyl halides is 3. The van der Waals surface area contributed by atoms with Crippen molar-refractivity contribution in [1.29, 1.82) is 0 Å². The number of rotatable bonds is 8. The smallest absolute Gasteiger partial charge is 0.425 e. The van der Waals surface area contributed by atoms with Gasteiger partial charge in [-0.15, -0.1) is 0 Å². The zero-order valence-corrected chi connectivity index (χ0v) is 25.5.